The number of hydrogen-bond acceptors (Lipinski definition) is 3. The third-order valence-corrected chi connectivity index (χ3v) is 2.25. The van der Waals surface area contributed by atoms with Crippen LogP contribution in [0.3, 0.4) is 0 Å². The van der Waals surface area contributed by atoms with Crippen molar-refractivity contribution in [2.24, 2.45) is 0 Å². The Morgan fingerprint density at radius 2 is 1.53 bits per heavy atom. The molecule has 0 rings (SSSR count). The minimum Gasteiger partial charge on any atom is -0.383 e. The molecular weight excluding hydrogens is 210 g/mol. The first-order chi connectivity index (χ1) is 7.99. The van der Waals surface area contributed by atoms with Crippen LogP contribution in [0.15, 0.2) is 49.0 Å². The summed E-state index contributed by atoms with van der Waals surface area (Å²) in [5.41, 5.74) is 3.17. The Labute approximate surface area is 105 Å². The van der Waals surface area contributed by atoms with Gasteiger partial charge in [-0.15, -0.1) is 0 Å². The summed E-state index contributed by atoms with van der Waals surface area (Å²) < 4.78 is 0. The predicted octanol–water partition coefficient (Wildman–Crippen LogP) is 2.28. The molecule has 0 aromatic rings. The average Bonchev–Trinajstić information content (AvgIpc) is 2.28. The molecule has 0 heterocycles. The molecule has 96 valence electrons. The van der Waals surface area contributed by atoms with Crippen LogP contribution in [-0.2, 0) is 0 Å². The molecule has 0 unspecified atom stereocenters. The fraction of sp³-hybridized carbons (Fsp3) is 0.429. The molecular formula is C14H25N3. The van der Waals surface area contributed by atoms with E-state index < -0.39 is 0 Å². The number of allylic oxidation sites excluding steroid dienone is 1. The fourth-order valence-corrected chi connectivity index (χ4v) is 1.07. The molecule has 3 N–H and O–H groups in total. The average molecular weight is 235 g/mol. The minimum atomic E-state index is 0.730. The third kappa shape index (κ3) is 7.41. The summed E-state index contributed by atoms with van der Waals surface area (Å²) in [6.45, 7) is 22.3. The van der Waals surface area contributed by atoms with Crippen LogP contribution in [0.4, 0.5) is 0 Å². The Morgan fingerprint density at radius 1 is 0.882 bits per heavy atom. The first-order valence-electron chi connectivity index (χ1n) is 5.93. The summed E-state index contributed by atoms with van der Waals surface area (Å²) in [7, 11) is 0. The van der Waals surface area contributed by atoms with Gasteiger partial charge in [-0.2, -0.15) is 0 Å². The maximum atomic E-state index is 3.91. The SMILES string of the molecule is C=C(C)C(=C)NC(=C)C(=C)NCCNCCC. The van der Waals surface area contributed by atoms with E-state index in [1.165, 1.54) is 0 Å². The van der Waals surface area contributed by atoms with Crippen molar-refractivity contribution in [3.63, 3.8) is 0 Å². The molecule has 0 atom stereocenters. The van der Waals surface area contributed by atoms with Crippen LogP contribution in [0, 0.1) is 0 Å². The Bertz CT molecular complexity index is 303. The van der Waals surface area contributed by atoms with E-state index in [9.17, 15) is 0 Å². The molecule has 0 aromatic carbocycles. The molecule has 0 aliphatic carbocycles. The highest BCUT2D eigenvalue weighted by atomic mass is 15.0. The second-order valence-corrected chi connectivity index (χ2v) is 4.02. The highest BCUT2D eigenvalue weighted by molar-refractivity contribution is 5.31. The first-order valence-corrected chi connectivity index (χ1v) is 5.93. The topological polar surface area (TPSA) is 36.1 Å². The van der Waals surface area contributed by atoms with Gasteiger partial charge in [-0.25, -0.2) is 0 Å². The van der Waals surface area contributed by atoms with Gasteiger partial charge in [0.2, 0.25) is 0 Å². The van der Waals surface area contributed by atoms with Gasteiger partial charge in [0, 0.05) is 18.8 Å². The lowest BCUT2D eigenvalue weighted by Gasteiger charge is -2.16. The second-order valence-electron chi connectivity index (χ2n) is 4.02. The van der Waals surface area contributed by atoms with Crippen LogP contribution in [0.25, 0.3) is 0 Å². The van der Waals surface area contributed by atoms with Gasteiger partial charge < -0.3 is 16.0 Å². The molecule has 0 radical (unpaired) electrons. The van der Waals surface area contributed by atoms with Crippen molar-refractivity contribution in [1.29, 1.82) is 0 Å². The number of rotatable bonds is 10. The molecule has 0 saturated heterocycles. The van der Waals surface area contributed by atoms with Crippen molar-refractivity contribution >= 4 is 0 Å². The zero-order valence-corrected chi connectivity index (χ0v) is 11.2. The Morgan fingerprint density at radius 3 is 2.06 bits per heavy atom. The van der Waals surface area contributed by atoms with Crippen molar-refractivity contribution in [3.05, 3.63) is 49.0 Å². The van der Waals surface area contributed by atoms with Gasteiger partial charge >= 0.3 is 0 Å². The Balaban J connectivity index is 3.79. The van der Waals surface area contributed by atoms with Crippen molar-refractivity contribution in [1.82, 2.24) is 16.0 Å². The summed E-state index contributed by atoms with van der Waals surface area (Å²) in [5, 5.41) is 9.56. The Kier molecular flexibility index (Phi) is 7.89. The van der Waals surface area contributed by atoms with Crippen molar-refractivity contribution < 1.29 is 0 Å². The van der Waals surface area contributed by atoms with Crippen molar-refractivity contribution in [2.75, 3.05) is 19.6 Å². The number of nitrogens with one attached hydrogen (secondary N) is 3. The van der Waals surface area contributed by atoms with E-state index in [0.717, 1.165) is 48.7 Å². The molecule has 0 amide bonds. The van der Waals surface area contributed by atoms with Crippen LogP contribution in [0.2, 0.25) is 0 Å². The van der Waals surface area contributed by atoms with E-state index >= 15 is 0 Å². The Hall–Kier alpha value is -1.48. The van der Waals surface area contributed by atoms with E-state index in [0.29, 0.717) is 0 Å². The molecule has 3 heteroatoms. The van der Waals surface area contributed by atoms with Crippen LogP contribution >= 0.6 is 0 Å². The second kappa shape index (κ2) is 8.65. The highest BCUT2D eigenvalue weighted by Crippen LogP contribution is 2.05. The van der Waals surface area contributed by atoms with E-state index in [1.54, 1.807) is 0 Å². The van der Waals surface area contributed by atoms with Gasteiger partial charge in [0.1, 0.15) is 0 Å². The van der Waals surface area contributed by atoms with Crippen molar-refractivity contribution in [3.8, 4) is 0 Å². The maximum Gasteiger partial charge on any atom is 0.0540 e. The maximum absolute atomic E-state index is 3.91. The van der Waals surface area contributed by atoms with Gasteiger partial charge in [0.25, 0.3) is 0 Å². The lowest BCUT2D eigenvalue weighted by atomic mass is 10.2. The summed E-state index contributed by atoms with van der Waals surface area (Å²) in [4.78, 5) is 0. The standard InChI is InChI=1S/C14H25N3/c1-7-8-15-9-10-16-13(5)14(6)17-12(4)11(2)3/h15-17H,2,4-10H2,1,3H3. The van der Waals surface area contributed by atoms with Gasteiger partial charge in [-0.05, 0) is 25.5 Å². The fourth-order valence-electron chi connectivity index (χ4n) is 1.07. The predicted molar refractivity (Wildman–Crippen MR) is 76.5 cm³/mol. The summed E-state index contributed by atoms with van der Waals surface area (Å²) in [6, 6.07) is 0. The van der Waals surface area contributed by atoms with Gasteiger partial charge in [-0.3, -0.25) is 0 Å². The molecule has 17 heavy (non-hydrogen) atoms. The lowest BCUT2D eigenvalue weighted by Crippen LogP contribution is -2.29. The van der Waals surface area contributed by atoms with E-state index in [1.807, 2.05) is 6.92 Å². The highest BCUT2D eigenvalue weighted by Gasteiger charge is 2.01. The minimum absolute atomic E-state index is 0.730. The third-order valence-electron chi connectivity index (χ3n) is 2.25. The van der Waals surface area contributed by atoms with Crippen LogP contribution in [-0.4, -0.2) is 19.6 Å². The summed E-state index contributed by atoms with van der Waals surface area (Å²) in [5.74, 6) is 0. The van der Waals surface area contributed by atoms with Gasteiger partial charge in [0.05, 0.1) is 11.4 Å². The van der Waals surface area contributed by atoms with Gasteiger partial charge in [-0.1, -0.05) is 33.2 Å². The quantitative estimate of drug-likeness (QED) is 0.401. The van der Waals surface area contributed by atoms with E-state index in [4.69, 9.17) is 0 Å². The molecule has 0 aliphatic rings. The smallest absolute Gasteiger partial charge is 0.0540 e. The van der Waals surface area contributed by atoms with E-state index in [2.05, 4.69) is 49.2 Å². The molecule has 0 spiro atoms. The molecule has 3 nitrogen and oxygen atoms in total. The zero-order valence-electron chi connectivity index (χ0n) is 11.2. The van der Waals surface area contributed by atoms with Crippen LogP contribution < -0.4 is 16.0 Å². The first kappa shape index (κ1) is 15.5. The lowest BCUT2D eigenvalue weighted by molar-refractivity contribution is 0.642. The molecule has 0 aliphatic heterocycles. The summed E-state index contributed by atoms with van der Waals surface area (Å²) in [6.07, 6.45) is 1.15. The molecule has 0 fully saturated rings. The zero-order chi connectivity index (χ0) is 13.3. The molecule has 0 saturated carbocycles. The summed E-state index contributed by atoms with van der Waals surface area (Å²) >= 11 is 0. The molecule has 0 bridgehead atoms. The normalized spacial score (nSPS) is 9.53. The van der Waals surface area contributed by atoms with Crippen molar-refractivity contribution in [2.45, 2.75) is 20.3 Å². The monoisotopic (exact) mass is 235 g/mol. The van der Waals surface area contributed by atoms with Crippen LogP contribution in [0.5, 0.6) is 0 Å². The van der Waals surface area contributed by atoms with Gasteiger partial charge in [0.15, 0.2) is 0 Å². The molecule has 0 aromatic heterocycles. The van der Waals surface area contributed by atoms with Crippen LogP contribution in [0.1, 0.15) is 20.3 Å². The largest absolute Gasteiger partial charge is 0.383 e. The number of hydrogen-bond donors (Lipinski definition) is 3. The van der Waals surface area contributed by atoms with E-state index in [-0.39, 0.29) is 0 Å².